The molecule has 1 spiro atoms. The van der Waals surface area contributed by atoms with Gasteiger partial charge in [-0.05, 0) is 58.6 Å². The molecule has 0 amide bonds. The summed E-state index contributed by atoms with van der Waals surface area (Å²) < 4.78 is 11.7. The topological polar surface area (TPSA) is 29.9 Å². The third-order valence-electron chi connectivity index (χ3n) is 8.32. The van der Waals surface area contributed by atoms with Crippen LogP contribution < -0.4 is 13.9 Å². The summed E-state index contributed by atoms with van der Waals surface area (Å²) in [5.74, 6) is 1.88. The molecule has 34 heavy (non-hydrogen) atoms. The van der Waals surface area contributed by atoms with Gasteiger partial charge in [-0.2, -0.15) is 0 Å². The molecule has 0 aliphatic carbocycles. The summed E-state index contributed by atoms with van der Waals surface area (Å²) in [4.78, 5) is 4.49. The first-order valence-corrected chi connectivity index (χ1v) is 11.6. The Balaban J connectivity index is 1.60. The molecule has 4 heteroatoms. The third kappa shape index (κ3) is 1.39. The van der Waals surface area contributed by atoms with Crippen LogP contribution >= 0.6 is 0 Å². The lowest BCUT2D eigenvalue weighted by molar-refractivity contribution is -0.945. The molecule has 0 radical (unpaired) electrons. The van der Waals surface area contributed by atoms with Crippen molar-refractivity contribution in [1.29, 1.82) is 0 Å². The Kier molecular flexibility index (Phi) is 2.30. The van der Waals surface area contributed by atoms with Gasteiger partial charge in [-0.15, -0.1) is 9.13 Å². The zero-order valence-electron chi connectivity index (χ0n) is 17.9. The van der Waals surface area contributed by atoms with E-state index in [1.807, 2.05) is 12.4 Å². The van der Waals surface area contributed by atoms with E-state index in [-0.39, 0.29) is 0 Å². The van der Waals surface area contributed by atoms with Crippen LogP contribution in [0.2, 0.25) is 0 Å². The van der Waals surface area contributed by atoms with Gasteiger partial charge in [0.05, 0.1) is 16.2 Å². The molecule has 4 aromatic carbocycles. The number of hydrogen-bond donors (Lipinski definition) is 0. The fraction of sp³-hybridized carbons (Fsp3) is 0.0333. The lowest BCUT2D eigenvalue weighted by atomic mass is 9.85. The molecular weight excluding hydrogens is 418 g/mol. The highest BCUT2D eigenvalue weighted by atomic mass is 16.5. The molecule has 6 heterocycles. The maximum Gasteiger partial charge on any atom is 0.425 e. The molecule has 0 bridgehead atoms. The summed E-state index contributed by atoms with van der Waals surface area (Å²) >= 11 is 0. The highest BCUT2D eigenvalue weighted by Gasteiger charge is 2.69. The second-order valence-electron chi connectivity index (χ2n) is 9.62. The van der Waals surface area contributed by atoms with Crippen LogP contribution in [-0.2, 0) is 5.66 Å². The van der Waals surface area contributed by atoms with Crippen molar-refractivity contribution in [2.75, 3.05) is 0 Å². The Hall–Kier alpha value is -4.57. The van der Waals surface area contributed by atoms with E-state index in [1.165, 1.54) is 65.3 Å². The smallest absolute Gasteiger partial charge is 0.425 e. The summed E-state index contributed by atoms with van der Waals surface area (Å²) in [6.07, 6.45) is 8.41. The minimum absolute atomic E-state index is 0.516. The van der Waals surface area contributed by atoms with Crippen LogP contribution in [-0.4, -0.2) is 4.98 Å². The number of benzene rings is 4. The standard InChI is InChI=1S/C30H15N3O/c1-3-17-6-5-16-7-9-22-26-24(16)28(17)32(13-1)30(26)27-23(34-22)10-8-19-21-15-31-12-11-18(21)20-4-2-14-33(30)29(20)25(19)27/h1-15H/q+2. The predicted octanol–water partition coefficient (Wildman–Crippen LogP) is 5.45. The predicted molar refractivity (Wildman–Crippen MR) is 130 cm³/mol. The minimum Gasteiger partial charge on any atom is -0.456 e. The Morgan fingerprint density at radius 2 is 1.38 bits per heavy atom. The molecule has 4 nitrogen and oxygen atoms in total. The van der Waals surface area contributed by atoms with Gasteiger partial charge in [0.25, 0.3) is 0 Å². The van der Waals surface area contributed by atoms with Crippen LogP contribution in [0, 0.1) is 0 Å². The molecule has 0 saturated carbocycles. The highest BCUT2D eigenvalue weighted by molar-refractivity contribution is 6.25. The molecule has 3 aromatic heterocycles. The van der Waals surface area contributed by atoms with Gasteiger partial charge in [-0.25, -0.2) is 0 Å². The van der Waals surface area contributed by atoms with Crippen LogP contribution in [0.3, 0.4) is 0 Å². The zero-order chi connectivity index (χ0) is 21.8. The highest BCUT2D eigenvalue weighted by Crippen LogP contribution is 2.57. The number of pyridine rings is 3. The molecule has 3 aliphatic rings. The largest absolute Gasteiger partial charge is 0.456 e. The molecule has 3 aliphatic heterocycles. The molecule has 0 saturated heterocycles. The molecule has 7 aromatic rings. The lowest BCUT2D eigenvalue weighted by Gasteiger charge is -2.26. The van der Waals surface area contributed by atoms with Crippen molar-refractivity contribution in [3.8, 4) is 11.5 Å². The average molecular weight is 433 g/mol. The Morgan fingerprint density at radius 1 is 0.618 bits per heavy atom. The van der Waals surface area contributed by atoms with Crippen molar-refractivity contribution in [3.63, 3.8) is 0 Å². The average Bonchev–Trinajstić information content (AvgIpc) is 3.39. The van der Waals surface area contributed by atoms with Gasteiger partial charge in [0.1, 0.15) is 11.5 Å². The van der Waals surface area contributed by atoms with Crippen LogP contribution in [0.1, 0.15) is 11.1 Å². The maximum atomic E-state index is 6.68. The Morgan fingerprint density at radius 3 is 2.32 bits per heavy atom. The van der Waals surface area contributed by atoms with Crippen LogP contribution in [0.5, 0.6) is 11.5 Å². The molecule has 1 atom stereocenters. The fourth-order valence-electron chi connectivity index (χ4n) is 7.22. The first-order chi connectivity index (χ1) is 16.9. The van der Waals surface area contributed by atoms with Gasteiger partial charge in [-0.1, -0.05) is 12.1 Å². The summed E-state index contributed by atoms with van der Waals surface area (Å²) in [5, 5.41) is 9.97. The third-order valence-corrected chi connectivity index (χ3v) is 8.32. The SMILES string of the molecule is c1cc2ccc3ccc4c5c3c2[n+](c1)C51c2c(ccc3c5cnccc5c5ccc[n+]1c5c23)O4. The number of rotatable bonds is 0. The molecule has 0 fully saturated rings. The zero-order valence-corrected chi connectivity index (χ0v) is 17.9. The maximum absolute atomic E-state index is 6.68. The van der Waals surface area contributed by atoms with E-state index in [4.69, 9.17) is 4.74 Å². The van der Waals surface area contributed by atoms with E-state index >= 15 is 0 Å². The fourth-order valence-corrected chi connectivity index (χ4v) is 7.22. The van der Waals surface area contributed by atoms with Crippen LogP contribution in [0.4, 0.5) is 0 Å². The second-order valence-corrected chi connectivity index (χ2v) is 9.62. The first-order valence-electron chi connectivity index (χ1n) is 11.6. The number of nitrogens with zero attached hydrogens (tertiary/aromatic N) is 3. The molecular formula is C30H15N3O+2. The van der Waals surface area contributed by atoms with Crippen molar-refractivity contribution >= 4 is 54.1 Å². The first kappa shape index (κ1) is 16.1. The van der Waals surface area contributed by atoms with E-state index < -0.39 is 5.66 Å². The van der Waals surface area contributed by atoms with E-state index in [0.717, 1.165) is 11.5 Å². The number of ether oxygens (including phenoxy) is 1. The van der Waals surface area contributed by atoms with Crippen molar-refractivity contribution in [3.05, 3.63) is 103 Å². The lowest BCUT2D eigenvalue weighted by Crippen LogP contribution is -2.72. The molecule has 154 valence electrons. The minimum atomic E-state index is -0.516. The molecule has 1 unspecified atom stereocenters. The van der Waals surface area contributed by atoms with Crippen molar-refractivity contribution in [2.24, 2.45) is 0 Å². The summed E-state index contributed by atoms with van der Waals surface area (Å²) in [6.45, 7) is 0. The van der Waals surface area contributed by atoms with Gasteiger partial charge in [0, 0.05) is 35.3 Å². The summed E-state index contributed by atoms with van der Waals surface area (Å²) in [6, 6.07) is 24.2. The quantitative estimate of drug-likeness (QED) is 0.235. The summed E-state index contributed by atoms with van der Waals surface area (Å²) in [7, 11) is 0. The number of hydrogen-bond acceptors (Lipinski definition) is 2. The molecule has 10 rings (SSSR count). The van der Waals surface area contributed by atoms with Crippen molar-refractivity contribution < 1.29 is 13.9 Å². The number of fused-ring (bicyclic) bond motifs is 3. The van der Waals surface area contributed by atoms with E-state index in [9.17, 15) is 0 Å². The van der Waals surface area contributed by atoms with E-state index in [2.05, 4.69) is 93.2 Å². The van der Waals surface area contributed by atoms with Gasteiger partial charge < -0.3 is 4.74 Å². The monoisotopic (exact) mass is 433 g/mol. The number of aromatic nitrogens is 3. The van der Waals surface area contributed by atoms with Gasteiger partial charge in [-0.3, -0.25) is 4.98 Å². The normalized spacial score (nSPS) is 18.4. The van der Waals surface area contributed by atoms with Gasteiger partial charge in [0.15, 0.2) is 23.5 Å². The van der Waals surface area contributed by atoms with Gasteiger partial charge >= 0.3 is 5.66 Å². The van der Waals surface area contributed by atoms with Crippen molar-refractivity contribution in [2.45, 2.75) is 5.66 Å². The Bertz CT molecular complexity index is 2160. The van der Waals surface area contributed by atoms with E-state index in [1.54, 1.807) is 0 Å². The van der Waals surface area contributed by atoms with Gasteiger partial charge in [0.2, 0.25) is 11.0 Å². The second kappa shape index (κ2) is 4.85. The summed E-state index contributed by atoms with van der Waals surface area (Å²) in [5.41, 5.74) is 4.50. The van der Waals surface area contributed by atoms with Crippen LogP contribution in [0.15, 0.2) is 91.5 Å². The van der Waals surface area contributed by atoms with Crippen molar-refractivity contribution in [1.82, 2.24) is 4.98 Å². The van der Waals surface area contributed by atoms with E-state index in [0.29, 0.717) is 0 Å². The molecule has 0 N–H and O–H groups in total. The van der Waals surface area contributed by atoms with Crippen LogP contribution in [0.25, 0.3) is 54.1 Å². The Labute approximate surface area is 192 Å².